The van der Waals surface area contributed by atoms with Gasteiger partial charge in [-0.25, -0.2) is 0 Å². The summed E-state index contributed by atoms with van der Waals surface area (Å²) >= 11 is 0. The minimum Gasteiger partial charge on any atom is -0.346 e. The Morgan fingerprint density at radius 3 is 2.18 bits per heavy atom. The number of amides is 1. The van der Waals surface area contributed by atoms with Crippen LogP contribution in [0.5, 0.6) is 0 Å². The van der Waals surface area contributed by atoms with E-state index in [1.165, 1.54) is 19.3 Å². The van der Waals surface area contributed by atoms with Gasteiger partial charge in [0, 0.05) is 25.6 Å². The maximum absolute atomic E-state index is 11.6. The van der Waals surface area contributed by atoms with E-state index >= 15 is 0 Å². The summed E-state index contributed by atoms with van der Waals surface area (Å²) in [5.41, 5.74) is 0. The van der Waals surface area contributed by atoms with Crippen molar-refractivity contribution >= 4 is 5.91 Å². The van der Waals surface area contributed by atoms with Crippen LogP contribution in [0.1, 0.15) is 53.4 Å². The second kappa shape index (κ2) is 9.46. The van der Waals surface area contributed by atoms with E-state index in [0.29, 0.717) is 6.04 Å². The Labute approximate surface area is 107 Å². The molecular weight excluding hydrogens is 212 g/mol. The van der Waals surface area contributed by atoms with Gasteiger partial charge in [-0.05, 0) is 19.4 Å². The summed E-state index contributed by atoms with van der Waals surface area (Å²) in [4.78, 5) is 13.5. The molecule has 1 N–H and O–H groups in total. The molecule has 0 aliphatic rings. The molecule has 0 bridgehead atoms. The van der Waals surface area contributed by atoms with Gasteiger partial charge in [-0.15, -0.1) is 0 Å². The summed E-state index contributed by atoms with van der Waals surface area (Å²) < 4.78 is 0. The highest BCUT2D eigenvalue weighted by Gasteiger charge is 2.11. The average molecular weight is 242 g/mol. The zero-order valence-corrected chi connectivity index (χ0v) is 12.3. The van der Waals surface area contributed by atoms with Crippen LogP contribution in [0.3, 0.4) is 0 Å². The number of rotatable bonds is 9. The quantitative estimate of drug-likeness (QED) is 0.630. The number of nitrogens with zero attached hydrogens (tertiary/aromatic N) is 1. The normalized spacial score (nSPS) is 11.2. The molecule has 0 saturated heterocycles. The molecule has 17 heavy (non-hydrogen) atoms. The molecule has 0 aromatic carbocycles. The van der Waals surface area contributed by atoms with Crippen molar-refractivity contribution in [3.05, 3.63) is 0 Å². The molecule has 0 rings (SSSR count). The van der Waals surface area contributed by atoms with Crippen LogP contribution < -0.4 is 5.32 Å². The Kier molecular flexibility index (Phi) is 9.14. The number of hydrogen-bond donors (Lipinski definition) is 1. The standard InChI is InChI=1S/C14H30N2O/c1-12(2)14(17)16(5)11-9-7-6-8-10-15-13(3)4/h12-13,15H,6-11H2,1-5H3. The third-order valence-electron chi connectivity index (χ3n) is 2.84. The minimum atomic E-state index is 0.121. The Bertz CT molecular complexity index is 202. The first-order chi connectivity index (χ1) is 7.95. The van der Waals surface area contributed by atoms with Gasteiger partial charge in [-0.1, -0.05) is 40.5 Å². The molecular formula is C14H30N2O. The van der Waals surface area contributed by atoms with Crippen molar-refractivity contribution in [2.24, 2.45) is 5.92 Å². The Morgan fingerprint density at radius 1 is 1.06 bits per heavy atom. The monoisotopic (exact) mass is 242 g/mol. The molecule has 0 atom stereocenters. The molecule has 0 aliphatic carbocycles. The van der Waals surface area contributed by atoms with Gasteiger partial charge in [0.15, 0.2) is 0 Å². The number of carbonyl (C=O) groups excluding carboxylic acids is 1. The van der Waals surface area contributed by atoms with E-state index in [4.69, 9.17) is 0 Å². The zero-order valence-electron chi connectivity index (χ0n) is 12.3. The van der Waals surface area contributed by atoms with Crippen molar-refractivity contribution in [1.82, 2.24) is 10.2 Å². The number of unbranched alkanes of at least 4 members (excludes halogenated alkanes) is 3. The summed E-state index contributed by atoms with van der Waals surface area (Å²) in [7, 11) is 1.91. The lowest BCUT2D eigenvalue weighted by Crippen LogP contribution is -2.31. The SMILES string of the molecule is CC(C)NCCCCCCN(C)C(=O)C(C)C. The fourth-order valence-electron chi connectivity index (χ4n) is 1.77. The first kappa shape index (κ1) is 16.4. The van der Waals surface area contributed by atoms with E-state index in [1.807, 2.05) is 25.8 Å². The Balaban J connectivity index is 3.36. The van der Waals surface area contributed by atoms with Gasteiger partial charge in [0.2, 0.25) is 5.91 Å². The second-order valence-electron chi connectivity index (χ2n) is 5.44. The molecule has 0 unspecified atom stereocenters. The molecule has 0 heterocycles. The van der Waals surface area contributed by atoms with Gasteiger partial charge >= 0.3 is 0 Å². The first-order valence-electron chi connectivity index (χ1n) is 6.93. The maximum atomic E-state index is 11.6. The molecule has 0 saturated carbocycles. The average Bonchev–Trinajstić information content (AvgIpc) is 2.25. The topological polar surface area (TPSA) is 32.3 Å². The molecule has 0 aromatic heterocycles. The number of hydrogen-bond acceptors (Lipinski definition) is 2. The largest absolute Gasteiger partial charge is 0.346 e. The highest BCUT2D eigenvalue weighted by atomic mass is 16.2. The van der Waals surface area contributed by atoms with Crippen LogP contribution in [0.25, 0.3) is 0 Å². The third kappa shape index (κ3) is 9.16. The summed E-state index contributed by atoms with van der Waals surface area (Å²) in [6.07, 6.45) is 4.83. The lowest BCUT2D eigenvalue weighted by molar-refractivity contribution is -0.133. The molecule has 0 fully saturated rings. The van der Waals surface area contributed by atoms with Gasteiger partial charge in [0.25, 0.3) is 0 Å². The summed E-state index contributed by atoms with van der Waals surface area (Å²) in [6.45, 7) is 10.3. The summed E-state index contributed by atoms with van der Waals surface area (Å²) in [5, 5.41) is 3.41. The molecule has 0 spiro atoms. The van der Waals surface area contributed by atoms with Crippen LogP contribution in [-0.2, 0) is 4.79 Å². The van der Waals surface area contributed by atoms with Gasteiger partial charge in [-0.3, -0.25) is 4.79 Å². The fraction of sp³-hybridized carbons (Fsp3) is 0.929. The van der Waals surface area contributed by atoms with Crippen LogP contribution in [0.4, 0.5) is 0 Å². The lowest BCUT2D eigenvalue weighted by atomic mass is 10.1. The van der Waals surface area contributed by atoms with Gasteiger partial charge in [0.05, 0.1) is 0 Å². The zero-order chi connectivity index (χ0) is 13.3. The van der Waals surface area contributed by atoms with Crippen LogP contribution >= 0.6 is 0 Å². The summed E-state index contributed by atoms with van der Waals surface area (Å²) in [5.74, 6) is 0.377. The van der Waals surface area contributed by atoms with E-state index in [1.54, 1.807) is 0 Å². The molecule has 1 amide bonds. The van der Waals surface area contributed by atoms with Crippen molar-refractivity contribution in [1.29, 1.82) is 0 Å². The Morgan fingerprint density at radius 2 is 1.65 bits per heavy atom. The molecule has 102 valence electrons. The van der Waals surface area contributed by atoms with Crippen molar-refractivity contribution in [2.75, 3.05) is 20.1 Å². The summed E-state index contributed by atoms with van der Waals surface area (Å²) in [6, 6.07) is 0.588. The van der Waals surface area contributed by atoms with E-state index < -0.39 is 0 Å². The highest BCUT2D eigenvalue weighted by Crippen LogP contribution is 2.04. The molecule has 0 aliphatic heterocycles. The van der Waals surface area contributed by atoms with Crippen LogP contribution in [0.2, 0.25) is 0 Å². The van der Waals surface area contributed by atoms with Crippen molar-refractivity contribution < 1.29 is 4.79 Å². The lowest BCUT2D eigenvalue weighted by Gasteiger charge is -2.19. The van der Waals surface area contributed by atoms with Gasteiger partial charge < -0.3 is 10.2 Å². The molecule has 0 radical (unpaired) electrons. The van der Waals surface area contributed by atoms with E-state index in [-0.39, 0.29) is 11.8 Å². The molecule has 3 heteroatoms. The third-order valence-corrected chi connectivity index (χ3v) is 2.84. The predicted octanol–water partition coefficient (Wildman–Crippen LogP) is 2.66. The van der Waals surface area contributed by atoms with Gasteiger partial charge in [0.1, 0.15) is 0 Å². The van der Waals surface area contributed by atoms with Crippen LogP contribution in [0.15, 0.2) is 0 Å². The minimum absolute atomic E-state index is 0.121. The number of carbonyl (C=O) groups is 1. The van der Waals surface area contributed by atoms with Gasteiger partial charge in [-0.2, -0.15) is 0 Å². The smallest absolute Gasteiger partial charge is 0.224 e. The number of nitrogens with one attached hydrogen (secondary N) is 1. The van der Waals surface area contributed by atoms with Crippen molar-refractivity contribution in [3.8, 4) is 0 Å². The highest BCUT2D eigenvalue weighted by molar-refractivity contribution is 5.77. The second-order valence-corrected chi connectivity index (χ2v) is 5.44. The van der Waals surface area contributed by atoms with E-state index in [9.17, 15) is 4.79 Å². The Hall–Kier alpha value is -0.570. The fourth-order valence-corrected chi connectivity index (χ4v) is 1.77. The maximum Gasteiger partial charge on any atom is 0.224 e. The van der Waals surface area contributed by atoms with Crippen molar-refractivity contribution in [3.63, 3.8) is 0 Å². The van der Waals surface area contributed by atoms with Crippen LogP contribution in [0, 0.1) is 5.92 Å². The first-order valence-corrected chi connectivity index (χ1v) is 6.93. The molecule has 3 nitrogen and oxygen atoms in total. The molecule has 0 aromatic rings. The van der Waals surface area contributed by atoms with Crippen LogP contribution in [-0.4, -0.2) is 37.0 Å². The van der Waals surface area contributed by atoms with E-state index in [2.05, 4.69) is 19.2 Å². The van der Waals surface area contributed by atoms with E-state index in [0.717, 1.165) is 19.5 Å². The van der Waals surface area contributed by atoms with Crippen molar-refractivity contribution in [2.45, 2.75) is 59.4 Å². The predicted molar refractivity (Wildman–Crippen MR) is 74.1 cm³/mol.